The van der Waals surface area contributed by atoms with E-state index in [1.807, 2.05) is 6.07 Å². The molecule has 1 aromatic carbocycles. The van der Waals surface area contributed by atoms with Gasteiger partial charge in [-0.3, -0.25) is 0 Å². The van der Waals surface area contributed by atoms with Crippen LogP contribution < -0.4 is 0 Å². The lowest BCUT2D eigenvalue weighted by molar-refractivity contribution is 0.369. The van der Waals surface area contributed by atoms with Crippen molar-refractivity contribution < 1.29 is 0 Å². The van der Waals surface area contributed by atoms with Crippen LogP contribution in [-0.2, 0) is 6.42 Å². The van der Waals surface area contributed by atoms with Crippen LogP contribution in [0.4, 0.5) is 0 Å². The van der Waals surface area contributed by atoms with Crippen molar-refractivity contribution in [3.05, 3.63) is 28.5 Å². The molecule has 0 N–H and O–H groups in total. The fourth-order valence-electron chi connectivity index (χ4n) is 2.43. The van der Waals surface area contributed by atoms with Crippen LogP contribution in [0.2, 0.25) is 0 Å². The molecule has 0 aliphatic carbocycles. The molecular weight excluding hydrogens is 324 g/mol. The highest BCUT2D eigenvalue weighted by molar-refractivity contribution is 9.10. The van der Waals surface area contributed by atoms with Crippen LogP contribution in [0.5, 0.6) is 0 Å². The zero-order valence-corrected chi connectivity index (χ0v) is 14.0. The van der Waals surface area contributed by atoms with E-state index in [0.29, 0.717) is 17.8 Å². The minimum Gasteiger partial charge on any atom is -0.325 e. The highest BCUT2D eigenvalue weighted by Crippen LogP contribution is 2.29. The number of aromatic nitrogens is 2. The van der Waals surface area contributed by atoms with E-state index in [0.717, 1.165) is 28.7 Å². The Kier molecular flexibility index (Phi) is 4.91. The second kappa shape index (κ2) is 6.27. The second-order valence-corrected chi connectivity index (χ2v) is 6.39. The Morgan fingerprint density at radius 3 is 2.74 bits per heavy atom. The molecule has 0 saturated carbocycles. The SMILES string of the molecule is CCC(C)C(C)n1c(CCCl)nc2ccc(Br)cc21. The molecule has 19 heavy (non-hydrogen) atoms. The van der Waals surface area contributed by atoms with Crippen molar-refractivity contribution in [3.8, 4) is 0 Å². The molecule has 4 heteroatoms. The smallest absolute Gasteiger partial charge is 0.111 e. The number of hydrogen-bond donors (Lipinski definition) is 0. The van der Waals surface area contributed by atoms with Gasteiger partial charge in [-0.15, -0.1) is 11.6 Å². The van der Waals surface area contributed by atoms with Crippen LogP contribution >= 0.6 is 27.5 Å². The van der Waals surface area contributed by atoms with Crippen molar-refractivity contribution in [3.63, 3.8) is 0 Å². The molecule has 0 bridgehead atoms. The van der Waals surface area contributed by atoms with Gasteiger partial charge >= 0.3 is 0 Å². The van der Waals surface area contributed by atoms with Crippen molar-refractivity contribution in [2.45, 2.75) is 39.7 Å². The van der Waals surface area contributed by atoms with Crippen LogP contribution in [0.25, 0.3) is 11.0 Å². The molecule has 2 aromatic rings. The minimum atomic E-state index is 0.433. The minimum absolute atomic E-state index is 0.433. The van der Waals surface area contributed by atoms with Gasteiger partial charge in [0, 0.05) is 22.8 Å². The number of benzene rings is 1. The maximum atomic E-state index is 5.92. The van der Waals surface area contributed by atoms with Crippen molar-refractivity contribution in [2.24, 2.45) is 5.92 Å². The second-order valence-electron chi connectivity index (χ2n) is 5.10. The molecule has 0 aliphatic heterocycles. The van der Waals surface area contributed by atoms with Gasteiger partial charge in [-0.2, -0.15) is 0 Å². The predicted molar refractivity (Wildman–Crippen MR) is 86.0 cm³/mol. The number of rotatable bonds is 5. The third kappa shape index (κ3) is 2.97. The lowest BCUT2D eigenvalue weighted by Crippen LogP contribution is -2.16. The Balaban J connectivity index is 2.59. The van der Waals surface area contributed by atoms with Crippen LogP contribution in [0.3, 0.4) is 0 Å². The number of aryl methyl sites for hydroxylation is 1. The average molecular weight is 344 g/mol. The van der Waals surface area contributed by atoms with Crippen LogP contribution in [-0.4, -0.2) is 15.4 Å². The van der Waals surface area contributed by atoms with Gasteiger partial charge in [0.1, 0.15) is 5.82 Å². The first-order valence-electron chi connectivity index (χ1n) is 6.80. The standard InChI is InChI=1S/C15H20BrClN2/c1-4-10(2)11(3)19-14-9-12(16)5-6-13(14)18-15(19)7-8-17/h5-6,9-11H,4,7-8H2,1-3H3. The summed E-state index contributed by atoms with van der Waals surface area (Å²) in [5, 5.41) is 0. The summed E-state index contributed by atoms with van der Waals surface area (Å²) in [5.74, 6) is 2.32. The van der Waals surface area contributed by atoms with E-state index in [4.69, 9.17) is 16.6 Å². The van der Waals surface area contributed by atoms with Gasteiger partial charge < -0.3 is 4.57 Å². The number of halogens is 2. The molecule has 2 atom stereocenters. The fraction of sp³-hybridized carbons (Fsp3) is 0.533. The maximum absolute atomic E-state index is 5.92. The number of imidazole rings is 1. The lowest BCUT2D eigenvalue weighted by Gasteiger charge is -2.23. The third-order valence-electron chi connectivity index (χ3n) is 3.92. The zero-order valence-electron chi connectivity index (χ0n) is 11.7. The fourth-order valence-corrected chi connectivity index (χ4v) is 2.94. The molecule has 2 unspecified atom stereocenters. The molecule has 2 nitrogen and oxygen atoms in total. The summed E-state index contributed by atoms with van der Waals surface area (Å²) in [4.78, 5) is 4.74. The molecule has 1 aromatic heterocycles. The van der Waals surface area contributed by atoms with E-state index in [-0.39, 0.29) is 0 Å². The first kappa shape index (κ1) is 14.9. The van der Waals surface area contributed by atoms with Gasteiger partial charge in [0.05, 0.1) is 11.0 Å². The van der Waals surface area contributed by atoms with Gasteiger partial charge in [0.15, 0.2) is 0 Å². The number of nitrogens with zero attached hydrogens (tertiary/aromatic N) is 2. The lowest BCUT2D eigenvalue weighted by atomic mass is 10.0. The van der Waals surface area contributed by atoms with E-state index < -0.39 is 0 Å². The van der Waals surface area contributed by atoms with E-state index in [2.05, 4.69) is 53.4 Å². The number of fused-ring (bicyclic) bond motifs is 1. The summed E-state index contributed by atoms with van der Waals surface area (Å²) in [5.41, 5.74) is 2.25. The highest BCUT2D eigenvalue weighted by atomic mass is 79.9. The number of hydrogen-bond acceptors (Lipinski definition) is 1. The molecule has 104 valence electrons. The topological polar surface area (TPSA) is 17.8 Å². The average Bonchev–Trinajstić information content (AvgIpc) is 2.74. The molecule has 0 aliphatic rings. The van der Waals surface area contributed by atoms with E-state index >= 15 is 0 Å². The first-order chi connectivity index (χ1) is 9.08. The van der Waals surface area contributed by atoms with E-state index in [9.17, 15) is 0 Å². The van der Waals surface area contributed by atoms with Crippen molar-refractivity contribution in [2.75, 3.05) is 5.88 Å². The maximum Gasteiger partial charge on any atom is 0.111 e. The van der Waals surface area contributed by atoms with Crippen molar-refractivity contribution in [1.82, 2.24) is 9.55 Å². The molecule has 0 radical (unpaired) electrons. The van der Waals surface area contributed by atoms with Crippen LogP contribution in [0.1, 0.15) is 39.1 Å². The summed E-state index contributed by atoms with van der Waals surface area (Å²) in [6, 6.07) is 6.69. The Morgan fingerprint density at radius 2 is 2.11 bits per heavy atom. The normalized spacial score (nSPS) is 14.8. The Morgan fingerprint density at radius 1 is 1.37 bits per heavy atom. The summed E-state index contributed by atoms with van der Waals surface area (Å²) >= 11 is 9.47. The third-order valence-corrected chi connectivity index (χ3v) is 4.60. The molecule has 0 spiro atoms. The highest BCUT2D eigenvalue weighted by Gasteiger charge is 2.19. The molecular formula is C15H20BrClN2. The van der Waals surface area contributed by atoms with Crippen LogP contribution in [0, 0.1) is 5.92 Å². The van der Waals surface area contributed by atoms with Gasteiger partial charge in [-0.1, -0.05) is 36.2 Å². The molecule has 0 fully saturated rings. The Bertz CT molecular complexity index is 565. The zero-order chi connectivity index (χ0) is 14.0. The van der Waals surface area contributed by atoms with Gasteiger partial charge in [0.25, 0.3) is 0 Å². The number of alkyl halides is 1. The molecule has 1 heterocycles. The summed E-state index contributed by atoms with van der Waals surface area (Å²) in [6.45, 7) is 6.80. The van der Waals surface area contributed by atoms with Gasteiger partial charge in [-0.05, 0) is 31.0 Å². The summed E-state index contributed by atoms with van der Waals surface area (Å²) < 4.78 is 3.45. The monoisotopic (exact) mass is 342 g/mol. The molecule has 0 saturated heterocycles. The summed E-state index contributed by atoms with van der Waals surface area (Å²) in [7, 11) is 0. The Labute approximate surface area is 128 Å². The van der Waals surface area contributed by atoms with E-state index in [1.165, 1.54) is 5.52 Å². The van der Waals surface area contributed by atoms with E-state index in [1.54, 1.807) is 0 Å². The largest absolute Gasteiger partial charge is 0.325 e. The van der Waals surface area contributed by atoms with Crippen molar-refractivity contribution >= 4 is 38.6 Å². The Hall–Kier alpha value is -0.540. The van der Waals surface area contributed by atoms with Crippen molar-refractivity contribution in [1.29, 1.82) is 0 Å². The van der Waals surface area contributed by atoms with Gasteiger partial charge in [-0.25, -0.2) is 4.98 Å². The molecule has 0 amide bonds. The van der Waals surface area contributed by atoms with Crippen LogP contribution in [0.15, 0.2) is 22.7 Å². The summed E-state index contributed by atoms with van der Waals surface area (Å²) in [6.07, 6.45) is 1.98. The predicted octanol–water partition coefficient (Wildman–Crippen LogP) is 5.19. The van der Waals surface area contributed by atoms with Gasteiger partial charge in [0.2, 0.25) is 0 Å². The molecule has 2 rings (SSSR count). The quantitative estimate of drug-likeness (QED) is 0.683. The first-order valence-corrected chi connectivity index (χ1v) is 8.13.